The Bertz CT molecular complexity index is 942. The summed E-state index contributed by atoms with van der Waals surface area (Å²) in [7, 11) is 0. The van der Waals surface area contributed by atoms with Gasteiger partial charge < -0.3 is 14.2 Å². The second-order valence-corrected chi connectivity index (χ2v) is 17.1. The molecule has 0 radical (unpaired) electrons. The van der Waals surface area contributed by atoms with Gasteiger partial charge in [-0.3, -0.25) is 14.4 Å². The third kappa shape index (κ3) is 45.0. The Kier molecular flexibility index (Phi) is 45.8. The summed E-state index contributed by atoms with van der Waals surface area (Å²) in [6.45, 7) is 6.61. The minimum Gasteiger partial charge on any atom is -0.462 e. The molecular weight excluding hydrogens is 721 g/mol. The van der Waals surface area contributed by atoms with Gasteiger partial charge in [-0.15, -0.1) is 0 Å². The summed E-state index contributed by atoms with van der Waals surface area (Å²) < 4.78 is 16.7. The van der Waals surface area contributed by atoms with Crippen LogP contribution in [0.1, 0.15) is 271 Å². The predicted octanol–water partition coefficient (Wildman–Crippen LogP) is 16.4. The number of carbonyl (C=O) groups is 3. The van der Waals surface area contributed by atoms with Crippen molar-refractivity contribution in [3.05, 3.63) is 24.3 Å². The molecule has 0 spiro atoms. The fraction of sp³-hybridized carbons (Fsp3) is 0.865. The van der Waals surface area contributed by atoms with Crippen LogP contribution in [-0.2, 0) is 28.6 Å². The van der Waals surface area contributed by atoms with Crippen molar-refractivity contribution in [2.45, 2.75) is 277 Å². The van der Waals surface area contributed by atoms with E-state index in [1.165, 1.54) is 154 Å². The maximum atomic E-state index is 12.7. The summed E-state index contributed by atoms with van der Waals surface area (Å²) >= 11 is 0. The first-order valence-electron chi connectivity index (χ1n) is 25.3. The van der Waals surface area contributed by atoms with Gasteiger partial charge in [-0.1, -0.05) is 206 Å². The topological polar surface area (TPSA) is 78.9 Å². The molecule has 0 aromatic heterocycles. The SMILES string of the molecule is CCCCCCCC/C=C\CCCCCC(=O)OC(COC(=O)CCCCCCC/C=C\CCCCCCCCCCC)COC(=O)CCCCCCCCCCC. The van der Waals surface area contributed by atoms with Crippen LogP contribution in [0.5, 0.6) is 0 Å². The number of allylic oxidation sites excluding steroid dienone is 4. The largest absolute Gasteiger partial charge is 0.462 e. The Morgan fingerprint density at radius 3 is 0.879 bits per heavy atom. The zero-order valence-electron chi connectivity index (χ0n) is 38.8. The molecule has 0 aliphatic rings. The average Bonchev–Trinajstić information content (AvgIpc) is 3.22. The van der Waals surface area contributed by atoms with Crippen LogP contribution in [-0.4, -0.2) is 37.2 Å². The Morgan fingerprint density at radius 1 is 0.328 bits per heavy atom. The van der Waals surface area contributed by atoms with E-state index in [1.807, 2.05) is 0 Å². The molecule has 0 aliphatic carbocycles. The van der Waals surface area contributed by atoms with Crippen LogP contribution in [0.3, 0.4) is 0 Å². The first-order chi connectivity index (χ1) is 28.5. The van der Waals surface area contributed by atoms with E-state index in [9.17, 15) is 14.4 Å². The van der Waals surface area contributed by atoms with E-state index in [0.29, 0.717) is 19.3 Å². The van der Waals surface area contributed by atoms with E-state index in [2.05, 4.69) is 45.1 Å². The maximum Gasteiger partial charge on any atom is 0.306 e. The Hall–Kier alpha value is -2.11. The van der Waals surface area contributed by atoms with Gasteiger partial charge in [-0.25, -0.2) is 0 Å². The lowest BCUT2D eigenvalue weighted by molar-refractivity contribution is -0.167. The molecular formula is C52H96O6. The highest BCUT2D eigenvalue weighted by Gasteiger charge is 2.19. The first kappa shape index (κ1) is 55.9. The Balaban J connectivity index is 4.31. The number of hydrogen-bond acceptors (Lipinski definition) is 6. The number of hydrogen-bond donors (Lipinski definition) is 0. The van der Waals surface area contributed by atoms with Gasteiger partial charge in [0.25, 0.3) is 0 Å². The number of esters is 3. The van der Waals surface area contributed by atoms with Crippen molar-refractivity contribution in [2.75, 3.05) is 13.2 Å². The maximum absolute atomic E-state index is 12.7. The normalized spacial score (nSPS) is 12.1. The van der Waals surface area contributed by atoms with Crippen molar-refractivity contribution < 1.29 is 28.6 Å². The molecule has 58 heavy (non-hydrogen) atoms. The van der Waals surface area contributed by atoms with E-state index in [4.69, 9.17) is 14.2 Å². The van der Waals surface area contributed by atoms with E-state index >= 15 is 0 Å². The van der Waals surface area contributed by atoms with Crippen LogP contribution in [0, 0.1) is 0 Å². The van der Waals surface area contributed by atoms with Crippen LogP contribution in [0.25, 0.3) is 0 Å². The molecule has 0 aromatic carbocycles. The van der Waals surface area contributed by atoms with E-state index < -0.39 is 6.10 Å². The minimum atomic E-state index is -0.776. The Morgan fingerprint density at radius 2 is 0.569 bits per heavy atom. The van der Waals surface area contributed by atoms with E-state index in [0.717, 1.165) is 77.0 Å². The molecule has 6 heteroatoms. The fourth-order valence-corrected chi connectivity index (χ4v) is 7.31. The van der Waals surface area contributed by atoms with Gasteiger partial charge in [0.05, 0.1) is 0 Å². The highest BCUT2D eigenvalue weighted by molar-refractivity contribution is 5.71. The molecule has 0 rings (SSSR count). The molecule has 0 fully saturated rings. The van der Waals surface area contributed by atoms with Gasteiger partial charge in [-0.05, 0) is 70.6 Å². The van der Waals surface area contributed by atoms with Crippen molar-refractivity contribution in [1.82, 2.24) is 0 Å². The molecule has 1 atom stereocenters. The summed E-state index contributed by atoms with van der Waals surface area (Å²) in [5.41, 5.74) is 0. The molecule has 0 bridgehead atoms. The lowest BCUT2D eigenvalue weighted by Crippen LogP contribution is -2.30. The average molecular weight is 817 g/mol. The fourth-order valence-electron chi connectivity index (χ4n) is 7.31. The zero-order chi connectivity index (χ0) is 42.3. The van der Waals surface area contributed by atoms with Crippen LogP contribution >= 0.6 is 0 Å². The molecule has 0 amide bonds. The van der Waals surface area contributed by atoms with Crippen LogP contribution in [0.4, 0.5) is 0 Å². The van der Waals surface area contributed by atoms with Gasteiger partial charge >= 0.3 is 17.9 Å². The molecule has 1 unspecified atom stereocenters. The molecule has 0 heterocycles. The van der Waals surface area contributed by atoms with Crippen molar-refractivity contribution >= 4 is 17.9 Å². The minimum absolute atomic E-state index is 0.0771. The van der Waals surface area contributed by atoms with Gasteiger partial charge in [0.2, 0.25) is 0 Å². The third-order valence-electron chi connectivity index (χ3n) is 11.2. The smallest absolute Gasteiger partial charge is 0.306 e. The molecule has 6 nitrogen and oxygen atoms in total. The number of carbonyl (C=O) groups excluding carboxylic acids is 3. The summed E-state index contributed by atoms with van der Waals surface area (Å²) in [5.74, 6) is -0.895. The van der Waals surface area contributed by atoms with E-state index in [-0.39, 0.29) is 31.1 Å². The molecule has 0 saturated heterocycles. The third-order valence-corrected chi connectivity index (χ3v) is 11.2. The molecule has 0 N–H and O–H groups in total. The standard InChI is InChI=1S/C52H96O6/c1-4-7-10-13-16-19-21-23-24-25-26-27-29-30-33-36-39-42-45-51(54)57-48-49(47-56-50(53)44-41-38-35-32-18-15-12-9-6-3)58-52(55)46-43-40-37-34-31-28-22-20-17-14-11-8-5-2/h26-28,31,49H,4-25,29-30,32-48H2,1-3H3/b27-26-,31-28-. The van der Waals surface area contributed by atoms with Crippen LogP contribution in [0.15, 0.2) is 24.3 Å². The highest BCUT2D eigenvalue weighted by atomic mass is 16.6. The molecule has 0 aromatic rings. The van der Waals surface area contributed by atoms with Crippen molar-refractivity contribution in [1.29, 1.82) is 0 Å². The van der Waals surface area contributed by atoms with Crippen LogP contribution in [0.2, 0.25) is 0 Å². The monoisotopic (exact) mass is 817 g/mol. The lowest BCUT2D eigenvalue weighted by atomic mass is 10.1. The summed E-state index contributed by atoms with van der Waals surface area (Å²) in [6.07, 6.45) is 53.1. The predicted molar refractivity (Wildman–Crippen MR) is 247 cm³/mol. The lowest BCUT2D eigenvalue weighted by Gasteiger charge is -2.18. The molecule has 340 valence electrons. The molecule has 0 saturated carbocycles. The first-order valence-corrected chi connectivity index (χ1v) is 25.3. The summed E-state index contributed by atoms with van der Waals surface area (Å²) in [4.78, 5) is 37.8. The second-order valence-electron chi connectivity index (χ2n) is 17.1. The van der Waals surface area contributed by atoms with Crippen molar-refractivity contribution in [3.63, 3.8) is 0 Å². The van der Waals surface area contributed by atoms with Gasteiger partial charge in [0.15, 0.2) is 6.10 Å². The zero-order valence-corrected chi connectivity index (χ0v) is 38.8. The van der Waals surface area contributed by atoms with Crippen molar-refractivity contribution in [3.8, 4) is 0 Å². The van der Waals surface area contributed by atoms with Gasteiger partial charge in [0, 0.05) is 19.3 Å². The number of ether oxygens (including phenoxy) is 3. The van der Waals surface area contributed by atoms with Gasteiger partial charge in [0.1, 0.15) is 13.2 Å². The molecule has 0 aliphatic heterocycles. The number of unbranched alkanes of at least 4 members (excludes halogenated alkanes) is 31. The number of rotatable bonds is 46. The van der Waals surface area contributed by atoms with Gasteiger partial charge in [-0.2, -0.15) is 0 Å². The summed E-state index contributed by atoms with van der Waals surface area (Å²) in [5, 5.41) is 0. The van der Waals surface area contributed by atoms with Crippen LogP contribution < -0.4 is 0 Å². The van der Waals surface area contributed by atoms with E-state index in [1.54, 1.807) is 0 Å². The quantitative estimate of drug-likeness (QED) is 0.0263. The van der Waals surface area contributed by atoms with Crippen molar-refractivity contribution in [2.24, 2.45) is 0 Å². The summed E-state index contributed by atoms with van der Waals surface area (Å²) in [6, 6.07) is 0. The second kappa shape index (κ2) is 47.6. The highest BCUT2D eigenvalue weighted by Crippen LogP contribution is 2.15. The Labute approximate surface area is 360 Å².